The van der Waals surface area contributed by atoms with Crippen LogP contribution in [0.1, 0.15) is 52.7 Å². The highest BCUT2D eigenvalue weighted by Crippen LogP contribution is 2.38. The van der Waals surface area contributed by atoms with Crippen LogP contribution in [0, 0.1) is 6.92 Å². The van der Waals surface area contributed by atoms with E-state index < -0.39 is 0 Å². The summed E-state index contributed by atoms with van der Waals surface area (Å²) in [6, 6.07) is 12.1. The van der Waals surface area contributed by atoms with Gasteiger partial charge in [-0.2, -0.15) is 0 Å². The number of nitrogens with zero attached hydrogens (tertiary/aromatic N) is 5. The Labute approximate surface area is 202 Å². The molecule has 34 heavy (non-hydrogen) atoms. The van der Waals surface area contributed by atoms with Crippen molar-refractivity contribution in [1.29, 1.82) is 0 Å². The summed E-state index contributed by atoms with van der Waals surface area (Å²) in [5.74, 6) is 1.85. The number of amides is 1. The number of benzene rings is 1. The molecular weight excluding hydrogens is 448 g/mol. The summed E-state index contributed by atoms with van der Waals surface area (Å²) in [6.07, 6.45) is 6.46. The van der Waals surface area contributed by atoms with Gasteiger partial charge in [-0.3, -0.25) is 4.79 Å². The van der Waals surface area contributed by atoms with E-state index in [1.165, 1.54) is 11.3 Å². The molecule has 9 heteroatoms. The maximum atomic E-state index is 12.9. The van der Waals surface area contributed by atoms with Gasteiger partial charge in [0.05, 0.1) is 10.6 Å². The molecule has 0 atom stereocenters. The number of hydrogen-bond acceptors (Lipinski definition) is 7. The lowest BCUT2D eigenvalue weighted by molar-refractivity contribution is 0.103. The SMILES string of the molecule is Cc1nnc(-c2cccc(-n3cc(C4CCC(N(C)C)CC4)c(NC(=O)c4cccs4)n3)c2)o1. The summed E-state index contributed by atoms with van der Waals surface area (Å²) in [5, 5.41) is 17.8. The molecule has 5 rings (SSSR count). The highest BCUT2D eigenvalue weighted by molar-refractivity contribution is 7.12. The molecule has 1 aliphatic rings. The van der Waals surface area contributed by atoms with E-state index in [9.17, 15) is 4.79 Å². The largest absolute Gasteiger partial charge is 0.421 e. The smallest absolute Gasteiger partial charge is 0.266 e. The first-order valence-corrected chi connectivity index (χ1v) is 12.4. The second kappa shape index (κ2) is 9.52. The van der Waals surface area contributed by atoms with Gasteiger partial charge in [0.2, 0.25) is 11.8 Å². The van der Waals surface area contributed by atoms with E-state index in [1.807, 2.05) is 46.5 Å². The predicted molar refractivity (Wildman–Crippen MR) is 133 cm³/mol. The molecule has 0 bridgehead atoms. The minimum absolute atomic E-state index is 0.126. The summed E-state index contributed by atoms with van der Waals surface area (Å²) in [5.41, 5.74) is 2.78. The van der Waals surface area contributed by atoms with Crippen molar-refractivity contribution in [3.8, 4) is 17.1 Å². The first-order chi connectivity index (χ1) is 16.5. The van der Waals surface area contributed by atoms with Crippen LogP contribution in [-0.2, 0) is 0 Å². The average molecular weight is 477 g/mol. The van der Waals surface area contributed by atoms with Crippen molar-refractivity contribution in [2.75, 3.05) is 19.4 Å². The Kier molecular flexibility index (Phi) is 6.30. The van der Waals surface area contributed by atoms with Gasteiger partial charge < -0.3 is 14.6 Å². The van der Waals surface area contributed by atoms with Gasteiger partial charge in [0.15, 0.2) is 5.82 Å². The zero-order valence-electron chi connectivity index (χ0n) is 19.6. The van der Waals surface area contributed by atoms with E-state index in [4.69, 9.17) is 9.52 Å². The molecule has 0 spiro atoms. The third-order valence-electron chi connectivity index (χ3n) is 6.47. The molecule has 1 amide bonds. The number of rotatable bonds is 6. The van der Waals surface area contributed by atoms with Gasteiger partial charge in [-0.1, -0.05) is 12.1 Å². The third-order valence-corrected chi connectivity index (χ3v) is 7.34. The number of carbonyl (C=O) groups excluding carboxylic acids is 1. The van der Waals surface area contributed by atoms with Crippen LogP contribution >= 0.6 is 11.3 Å². The molecule has 3 aromatic heterocycles. The Morgan fingerprint density at radius 3 is 2.65 bits per heavy atom. The van der Waals surface area contributed by atoms with Crippen LogP contribution in [0.2, 0.25) is 0 Å². The van der Waals surface area contributed by atoms with Crippen molar-refractivity contribution in [2.24, 2.45) is 0 Å². The van der Waals surface area contributed by atoms with Crippen molar-refractivity contribution in [3.05, 3.63) is 64.3 Å². The lowest BCUT2D eigenvalue weighted by atomic mass is 9.82. The molecule has 1 fully saturated rings. The molecule has 0 unspecified atom stereocenters. The molecule has 1 aliphatic carbocycles. The van der Waals surface area contributed by atoms with E-state index in [1.54, 1.807) is 6.92 Å². The highest BCUT2D eigenvalue weighted by Gasteiger charge is 2.28. The summed E-state index contributed by atoms with van der Waals surface area (Å²) < 4.78 is 7.43. The highest BCUT2D eigenvalue weighted by atomic mass is 32.1. The van der Waals surface area contributed by atoms with Gasteiger partial charge in [-0.15, -0.1) is 26.6 Å². The van der Waals surface area contributed by atoms with Crippen molar-refractivity contribution in [1.82, 2.24) is 24.9 Å². The molecule has 4 aromatic rings. The third kappa shape index (κ3) is 4.67. The minimum atomic E-state index is -0.126. The number of anilines is 1. The molecule has 176 valence electrons. The van der Waals surface area contributed by atoms with Crippen molar-refractivity contribution >= 4 is 23.1 Å². The first kappa shape index (κ1) is 22.5. The average Bonchev–Trinajstić information content (AvgIpc) is 3.60. The molecule has 1 saturated carbocycles. The summed E-state index contributed by atoms with van der Waals surface area (Å²) >= 11 is 1.42. The standard InChI is InChI=1S/C25H28N6O2S/c1-16-27-28-25(33-16)18-6-4-7-20(14-18)31-15-21(17-9-11-19(12-10-17)30(2)3)23(29-31)26-24(32)22-8-5-13-34-22/h4-8,13-15,17,19H,9-12H2,1-3H3,(H,26,29,32). The Balaban J connectivity index is 1.47. The van der Waals surface area contributed by atoms with Crippen LogP contribution in [0.15, 0.2) is 52.4 Å². The van der Waals surface area contributed by atoms with Gasteiger partial charge in [0, 0.05) is 30.3 Å². The van der Waals surface area contributed by atoms with Gasteiger partial charge in [0.1, 0.15) is 0 Å². The van der Waals surface area contributed by atoms with Crippen LogP contribution in [-0.4, -0.2) is 50.9 Å². The van der Waals surface area contributed by atoms with Crippen LogP contribution < -0.4 is 5.32 Å². The van der Waals surface area contributed by atoms with Crippen LogP contribution in [0.3, 0.4) is 0 Å². The Morgan fingerprint density at radius 1 is 1.15 bits per heavy atom. The molecule has 0 aliphatic heterocycles. The maximum absolute atomic E-state index is 12.9. The molecule has 3 heterocycles. The van der Waals surface area contributed by atoms with Crippen LogP contribution in [0.25, 0.3) is 17.1 Å². The number of hydrogen-bond donors (Lipinski definition) is 1. The zero-order valence-corrected chi connectivity index (χ0v) is 20.4. The Morgan fingerprint density at radius 2 is 1.97 bits per heavy atom. The molecule has 0 saturated heterocycles. The first-order valence-electron chi connectivity index (χ1n) is 11.5. The zero-order chi connectivity index (χ0) is 23.7. The number of aryl methyl sites for hydroxylation is 1. The quantitative estimate of drug-likeness (QED) is 0.415. The van der Waals surface area contributed by atoms with Gasteiger partial charge in [0.25, 0.3) is 5.91 Å². The maximum Gasteiger partial charge on any atom is 0.266 e. The number of carbonyl (C=O) groups is 1. The van der Waals surface area contributed by atoms with Gasteiger partial charge in [-0.05, 0) is 75.3 Å². The molecule has 1 aromatic carbocycles. The summed E-state index contributed by atoms with van der Waals surface area (Å²) in [4.78, 5) is 15.8. The van der Waals surface area contributed by atoms with E-state index in [-0.39, 0.29) is 5.91 Å². The van der Waals surface area contributed by atoms with Crippen LogP contribution in [0.5, 0.6) is 0 Å². The van der Waals surface area contributed by atoms with E-state index >= 15 is 0 Å². The second-order valence-electron chi connectivity index (χ2n) is 8.95. The van der Waals surface area contributed by atoms with Crippen molar-refractivity contribution in [3.63, 3.8) is 0 Å². The number of thiophene rings is 1. The fraction of sp³-hybridized carbons (Fsp3) is 0.360. The molecule has 1 N–H and O–H groups in total. The summed E-state index contributed by atoms with van der Waals surface area (Å²) in [7, 11) is 4.29. The lowest BCUT2D eigenvalue weighted by Crippen LogP contribution is -2.31. The predicted octanol–water partition coefficient (Wildman–Crippen LogP) is 5.13. The number of nitrogens with one attached hydrogen (secondary N) is 1. The monoisotopic (exact) mass is 476 g/mol. The van der Waals surface area contributed by atoms with E-state index in [0.29, 0.717) is 34.4 Å². The lowest BCUT2D eigenvalue weighted by Gasteiger charge is -2.32. The van der Waals surface area contributed by atoms with Crippen molar-refractivity contribution in [2.45, 2.75) is 44.6 Å². The van der Waals surface area contributed by atoms with E-state index in [0.717, 1.165) is 42.5 Å². The molecule has 8 nitrogen and oxygen atoms in total. The fourth-order valence-electron chi connectivity index (χ4n) is 4.59. The van der Waals surface area contributed by atoms with E-state index in [2.05, 4.69) is 40.7 Å². The second-order valence-corrected chi connectivity index (χ2v) is 9.90. The molecular formula is C25H28N6O2S. The topological polar surface area (TPSA) is 89.1 Å². The Hall–Kier alpha value is -3.30. The normalized spacial score (nSPS) is 18.4. The minimum Gasteiger partial charge on any atom is -0.421 e. The van der Waals surface area contributed by atoms with Gasteiger partial charge in [-0.25, -0.2) is 4.68 Å². The van der Waals surface area contributed by atoms with Crippen LogP contribution in [0.4, 0.5) is 5.82 Å². The number of aromatic nitrogens is 4. The Bertz CT molecular complexity index is 1270. The molecule has 0 radical (unpaired) electrons. The fourth-order valence-corrected chi connectivity index (χ4v) is 5.21. The van der Waals surface area contributed by atoms with Gasteiger partial charge >= 0.3 is 0 Å². The van der Waals surface area contributed by atoms with Crippen molar-refractivity contribution < 1.29 is 9.21 Å². The summed E-state index contributed by atoms with van der Waals surface area (Å²) in [6.45, 7) is 1.77.